The van der Waals surface area contributed by atoms with Gasteiger partial charge in [-0.3, -0.25) is 0 Å². The summed E-state index contributed by atoms with van der Waals surface area (Å²) in [4.78, 5) is 0. The van der Waals surface area contributed by atoms with Crippen molar-refractivity contribution in [1.82, 2.24) is 20.2 Å². The number of hydrogen-bond acceptors (Lipinski definition) is 5. The second-order valence-corrected chi connectivity index (χ2v) is 4.53. The van der Waals surface area contributed by atoms with Crippen LogP contribution in [0.25, 0.3) is 5.69 Å². The van der Waals surface area contributed by atoms with Gasteiger partial charge in [-0.25, -0.2) is 0 Å². The molecule has 0 atom stereocenters. The molecule has 0 spiro atoms. The molecule has 0 amide bonds. The minimum Gasteiger partial charge on any atom is -0.188 e. The van der Waals surface area contributed by atoms with E-state index in [9.17, 15) is 0 Å². The molecule has 0 aliphatic heterocycles. The summed E-state index contributed by atoms with van der Waals surface area (Å²) in [7, 11) is 0. The quantitative estimate of drug-likeness (QED) is 0.511. The summed E-state index contributed by atoms with van der Waals surface area (Å²) in [5, 5.41) is 12.5. The molecule has 0 N–H and O–H groups in total. The van der Waals surface area contributed by atoms with Crippen LogP contribution in [0.4, 0.5) is 0 Å². The van der Waals surface area contributed by atoms with Crippen LogP contribution >= 0.6 is 24.4 Å². The maximum Gasteiger partial charge on any atom is 0.214 e. The van der Waals surface area contributed by atoms with Gasteiger partial charge in [0.15, 0.2) is 0 Å². The van der Waals surface area contributed by atoms with Crippen molar-refractivity contribution < 1.29 is 0 Å². The van der Waals surface area contributed by atoms with Crippen LogP contribution in [0.2, 0.25) is 0 Å². The molecule has 0 unspecified atom stereocenters. The summed E-state index contributed by atoms with van der Waals surface area (Å²) in [5.41, 5.74) is 0.971. The Morgan fingerprint density at radius 3 is 2.82 bits per heavy atom. The maximum atomic E-state index is 4.10. The third-order valence-electron chi connectivity index (χ3n) is 2.02. The molecule has 0 aliphatic carbocycles. The first-order valence-corrected chi connectivity index (χ1v) is 6.76. The van der Waals surface area contributed by atoms with E-state index in [1.165, 1.54) is 0 Å². The highest BCUT2D eigenvalue weighted by Crippen LogP contribution is 2.17. The van der Waals surface area contributed by atoms with Crippen LogP contribution in [0, 0.1) is 0 Å². The molecular formula is C11H12N4S2. The van der Waals surface area contributed by atoms with Gasteiger partial charge in [0.25, 0.3) is 0 Å². The third-order valence-corrected chi connectivity index (χ3v) is 3.11. The van der Waals surface area contributed by atoms with Crippen molar-refractivity contribution in [3.8, 4) is 5.69 Å². The lowest BCUT2D eigenvalue weighted by molar-refractivity contribution is 0.757. The van der Waals surface area contributed by atoms with Gasteiger partial charge in [0.05, 0.1) is 5.69 Å². The zero-order valence-corrected chi connectivity index (χ0v) is 10.8. The maximum absolute atomic E-state index is 4.10. The second-order valence-electron chi connectivity index (χ2n) is 3.17. The Hall–Kier alpha value is -1.27. The fourth-order valence-corrected chi connectivity index (χ4v) is 2.15. The van der Waals surface area contributed by atoms with Gasteiger partial charge < -0.3 is 0 Å². The Morgan fingerprint density at radius 1 is 1.24 bits per heavy atom. The van der Waals surface area contributed by atoms with Gasteiger partial charge in [-0.2, -0.15) is 17.3 Å². The van der Waals surface area contributed by atoms with Gasteiger partial charge >= 0.3 is 0 Å². The molecule has 0 saturated heterocycles. The number of nitrogens with zero attached hydrogens (tertiary/aromatic N) is 4. The number of hydrogen-bond donors (Lipinski definition) is 1. The smallest absolute Gasteiger partial charge is 0.188 e. The average Bonchev–Trinajstić information content (AvgIpc) is 2.84. The highest BCUT2D eigenvalue weighted by Gasteiger charge is 2.06. The van der Waals surface area contributed by atoms with E-state index in [0.29, 0.717) is 0 Å². The molecule has 88 valence electrons. The van der Waals surface area contributed by atoms with Crippen molar-refractivity contribution in [1.29, 1.82) is 0 Å². The first kappa shape index (κ1) is 12.2. The number of thioether (sulfide) groups is 1. The number of rotatable bonds is 5. The van der Waals surface area contributed by atoms with Crippen molar-refractivity contribution in [2.75, 3.05) is 11.5 Å². The van der Waals surface area contributed by atoms with Crippen molar-refractivity contribution in [2.24, 2.45) is 0 Å². The van der Waals surface area contributed by atoms with Crippen LogP contribution in [-0.4, -0.2) is 31.7 Å². The molecule has 2 rings (SSSR count). The summed E-state index contributed by atoms with van der Waals surface area (Å²) < 4.78 is 1.74. The first-order chi connectivity index (χ1) is 8.42. The summed E-state index contributed by atoms with van der Waals surface area (Å²) >= 11 is 5.70. The molecule has 0 fully saturated rings. The van der Waals surface area contributed by atoms with Crippen LogP contribution < -0.4 is 0 Å². The minimum atomic E-state index is 0.754. The SMILES string of the molecule is SCC=CCSc1nnnn1-c1ccccc1. The lowest BCUT2D eigenvalue weighted by Gasteiger charge is -2.01. The van der Waals surface area contributed by atoms with Crippen LogP contribution in [0.1, 0.15) is 0 Å². The number of tetrazole rings is 1. The van der Waals surface area contributed by atoms with E-state index in [1.54, 1.807) is 16.4 Å². The highest BCUT2D eigenvalue weighted by atomic mass is 32.2. The van der Waals surface area contributed by atoms with Crippen molar-refractivity contribution >= 4 is 24.4 Å². The fourth-order valence-electron chi connectivity index (χ4n) is 1.27. The molecule has 17 heavy (non-hydrogen) atoms. The van der Waals surface area contributed by atoms with E-state index in [1.807, 2.05) is 36.4 Å². The number of aromatic nitrogens is 4. The zero-order chi connectivity index (χ0) is 11.9. The lowest BCUT2D eigenvalue weighted by atomic mass is 10.3. The monoisotopic (exact) mass is 264 g/mol. The molecule has 6 heteroatoms. The molecule has 0 saturated carbocycles. The lowest BCUT2D eigenvalue weighted by Crippen LogP contribution is -1.98. The van der Waals surface area contributed by atoms with Gasteiger partial charge in [-0.15, -0.1) is 5.10 Å². The molecule has 0 bridgehead atoms. The summed E-state index contributed by atoms with van der Waals surface area (Å²) in [6, 6.07) is 9.85. The average molecular weight is 264 g/mol. The van der Waals surface area contributed by atoms with Crippen LogP contribution in [0.3, 0.4) is 0 Å². The topological polar surface area (TPSA) is 43.6 Å². The zero-order valence-electron chi connectivity index (χ0n) is 9.10. The third kappa shape index (κ3) is 3.34. The molecular weight excluding hydrogens is 252 g/mol. The molecule has 1 aromatic carbocycles. The van der Waals surface area contributed by atoms with Crippen molar-refractivity contribution in [3.05, 3.63) is 42.5 Å². The number of benzene rings is 1. The molecule has 1 heterocycles. The largest absolute Gasteiger partial charge is 0.214 e. The number of thiol groups is 1. The minimum absolute atomic E-state index is 0.754. The van der Waals surface area contributed by atoms with Crippen molar-refractivity contribution in [2.45, 2.75) is 5.16 Å². The van der Waals surface area contributed by atoms with E-state index in [-0.39, 0.29) is 0 Å². The Kier molecular flexibility index (Phi) is 4.63. The van der Waals surface area contributed by atoms with E-state index in [0.717, 1.165) is 22.3 Å². The highest BCUT2D eigenvalue weighted by molar-refractivity contribution is 7.99. The molecule has 4 nitrogen and oxygen atoms in total. The predicted molar refractivity (Wildman–Crippen MR) is 72.9 cm³/mol. The van der Waals surface area contributed by atoms with E-state index < -0.39 is 0 Å². The van der Waals surface area contributed by atoms with Gasteiger partial charge in [0.1, 0.15) is 0 Å². The normalized spacial score (nSPS) is 11.1. The molecule has 0 radical (unpaired) electrons. The Bertz CT molecular complexity index is 481. The molecule has 1 aromatic heterocycles. The van der Waals surface area contributed by atoms with Gasteiger partial charge in [-0.05, 0) is 22.6 Å². The predicted octanol–water partition coefficient (Wildman–Crippen LogP) is 2.24. The Labute approximate surface area is 110 Å². The fraction of sp³-hybridized carbons (Fsp3) is 0.182. The summed E-state index contributed by atoms with van der Waals surface area (Å²) in [6.07, 6.45) is 4.06. The van der Waals surface area contributed by atoms with E-state index in [2.05, 4.69) is 34.2 Å². The van der Waals surface area contributed by atoms with Gasteiger partial charge in [-0.1, -0.05) is 42.1 Å². The Morgan fingerprint density at radius 2 is 2.06 bits per heavy atom. The Balaban J connectivity index is 2.10. The van der Waals surface area contributed by atoms with E-state index >= 15 is 0 Å². The van der Waals surface area contributed by atoms with Crippen LogP contribution in [0.5, 0.6) is 0 Å². The van der Waals surface area contributed by atoms with Crippen LogP contribution in [-0.2, 0) is 0 Å². The number of para-hydroxylation sites is 1. The van der Waals surface area contributed by atoms with Gasteiger partial charge in [0.2, 0.25) is 5.16 Å². The van der Waals surface area contributed by atoms with Gasteiger partial charge in [0, 0.05) is 11.5 Å². The standard InChI is InChI=1S/C11H12N4S2/c16-8-4-5-9-17-11-12-13-14-15(11)10-6-2-1-3-7-10/h1-7,16H,8-9H2. The molecule has 2 aromatic rings. The van der Waals surface area contributed by atoms with E-state index in [4.69, 9.17) is 0 Å². The van der Waals surface area contributed by atoms with Crippen LogP contribution in [0.15, 0.2) is 47.6 Å². The molecule has 0 aliphatic rings. The van der Waals surface area contributed by atoms with Crippen molar-refractivity contribution in [3.63, 3.8) is 0 Å². The summed E-state index contributed by atoms with van der Waals surface area (Å²) in [5.74, 6) is 1.60. The first-order valence-electron chi connectivity index (χ1n) is 5.14. The summed E-state index contributed by atoms with van der Waals surface area (Å²) in [6.45, 7) is 0. The second kappa shape index (κ2) is 6.46.